The molecule has 1 aliphatic heterocycles. The molecular formula is C38H39Cl2N5O2. The summed E-state index contributed by atoms with van der Waals surface area (Å²) in [7, 11) is 3.99. The molecule has 9 heteroatoms. The number of para-hydroxylation sites is 1. The summed E-state index contributed by atoms with van der Waals surface area (Å²) in [6.45, 7) is 11.3. The number of rotatable bonds is 7. The van der Waals surface area contributed by atoms with E-state index in [9.17, 15) is 4.79 Å². The molecule has 242 valence electrons. The molecule has 1 amide bonds. The van der Waals surface area contributed by atoms with E-state index >= 15 is 0 Å². The Balaban J connectivity index is 1.37. The molecule has 0 radical (unpaired) electrons. The Bertz CT molecular complexity index is 2200. The average Bonchev–Trinajstić information content (AvgIpc) is 3.66. The first-order valence-corrected chi connectivity index (χ1v) is 16.8. The van der Waals surface area contributed by atoms with E-state index in [0.717, 1.165) is 83.9 Å². The number of benzene rings is 3. The number of anilines is 1. The van der Waals surface area contributed by atoms with Gasteiger partial charge in [-0.15, -0.1) is 0 Å². The highest BCUT2D eigenvalue weighted by Crippen LogP contribution is 2.45. The van der Waals surface area contributed by atoms with Crippen LogP contribution in [0.15, 0.2) is 54.7 Å². The van der Waals surface area contributed by atoms with Gasteiger partial charge in [0.15, 0.2) is 0 Å². The number of halogens is 2. The number of hydrogen-bond donors (Lipinski definition) is 0. The average molecular weight is 669 g/mol. The highest BCUT2D eigenvalue weighted by atomic mass is 35.5. The second-order valence-electron chi connectivity index (χ2n) is 12.9. The summed E-state index contributed by atoms with van der Waals surface area (Å²) in [5.41, 5.74) is 10.6. The van der Waals surface area contributed by atoms with Crippen molar-refractivity contribution in [2.24, 2.45) is 14.1 Å². The molecule has 0 spiro atoms. The normalized spacial score (nSPS) is 14.9. The Kier molecular flexibility index (Phi) is 7.88. The number of carbonyl (C=O) groups is 1. The van der Waals surface area contributed by atoms with Crippen LogP contribution < -0.4 is 9.64 Å². The maximum atomic E-state index is 14.9. The van der Waals surface area contributed by atoms with Crippen LogP contribution >= 0.6 is 23.2 Å². The summed E-state index contributed by atoms with van der Waals surface area (Å²) in [6.07, 6.45) is 3.44. The zero-order valence-electron chi connectivity index (χ0n) is 27.9. The number of fused-ring (bicyclic) bond motifs is 4. The molecule has 0 bridgehead atoms. The van der Waals surface area contributed by atoms with Crippen molar-refractivity contribution in [2.45, 2.75) is 53.5 Å². The van der Waals surface area contributed by atoms with Crippen LogP contribution in [-0.4, -0.2) is 38.0 Å². The van der Waals surface area contributed by atoms with E-state index in [1.54, 1.807) is 0 Å². The lowest BCUT2D eigenvalue weighted by molar-refractivity contribution is 0.0957. The Morgan fingerprint density at radius 3 is 2.40 bits per heavy atom. The first-order chi connectivity index (χ1) is 22.5. The van der Waals surface area contributed by atoms with Gasteiger partial charge in [-0.1, -0.05) is 41.4 Å². The second kappa shape index (κ2) is 11.8. The maximum Gasteiger partial charge on any atom is 0.275 e. The minimum Gasteiger partial charge on any atom is -0.494 e. The molecule has 3 aromatic carbocycles. The number of ether oxygens (including phenoxy) is 1. The lowest BCUT2D eigenvalue weighted by Gasteiger charge is -2.35. The minimum absolute atomic E-state index is 0.00503. The second-order valence-corrected chi connectivity index (χ2v) is 13.7. The van der Waals surface area contributed by atoms with Crippen LogP contribution in [0.3, 0.4) is 0 Å². The Hall–Kier alpha value is -4.20. The third-order valence-corrected chi connectivity index (χ3v) is 10.6. The van der Waals surface area contributed by atoms with Crippen LogP contribution in [0.5, 0.6) is 5.75 Å². The smallest absolute Gasteiger partial charge is 0.275 e. The van der Waals surface area contributed by atoms with Gasteiger partial charge in [0.1, 0.15) is 11.4 Å². The minimum atomic E-state index is -0.0137. The van der Waals surface area contributed by atoms with Gasteiger partial charge in [-0.2, -0.15) is 5.10 Å². The summed E-state index contributed by atoms with van der Waals surface area (Å²) in [6, 6.07) is 16.3. The van der Waals surface area contributed by atoms with Gasteiger partial charge in [0, 0.05) is 65.5 Å². The number of aryl methyl sites for hydroxylation is 6. The van der Waals surface area contributed by atoms with Crippen LogP contribution in [0.4, 0.5) is 5.69 Å². The molecule has 0 saturated heterocycles. The molecule has 3 aromatic heterocycles. The van der Waals surface area contributed by atoms with E-state index in [0.29, 0.717) is 30.3 Å². The standard InChI is InChI=1S/C38H39Cl2N5O2/c1-21-18-27(19-22(2)34(21)40)47-17-9-11-28-29-13-14-30(39)33(32-24(4)41-43(7)25(32)5)36(29)45-23(3)20-44(38(46)37(28)45)31-12-8-10-26-15-16-42(6)35(26)31/h8,10,12-16,18-19,23H,9,11,17,20H2,1-7H3/t23-/m1/s1. The van der Waals surface area contributed by atoms with Gasteiger partial charge in [0.05, 0.1) is 34.0 Å². The SMILES string of the molecule is Cc1cc(OCCCc2c3n(c4c(-c5c(C)nn(C)c5C)c(Cl)ccc24)[C@H](C)CN(c2cccc4ccn(C)c24)C3=O)cc(C)c1Cl. The van der Waals surface area contributed by atoms with Crippen LogP contribution in [0.25, 0.3) is 32.9 Å². The zero-order valence-corrected chi connectivity index (χ0v) is 29.4. The predicted molar refractivity (Wildman–Crippen MR) is 193 cm³/mol. The number of hydrogen-bond acceptors (Lipinski definition) is 3. The molecule has 1 aliphatic rings. The molecule has 0 N–H and O–H groups in total. The lowest BCUT2D eigenvalue weighted by Crippen LogP contribution is -2.43. The van der Waals surface area contributed by atoms with Crippen molar-refractivity contribution in [3.05, 3.63) is 98.5 Å². The van der Waals surface area contributed by atoms with Gasteiger partial charge >= 0.3 is 0 Å². The third kappa shape index (κ3) is 5.02. The molecule has 0 unspecified atom stereocenters. The summed E-state index contributed by atoms with van der Waals surface area (Å²) in [5, 5.41) is 8.29. The molecule has 1 atom stereocenters. The van der Waals surface area contributed by atoms with Crippen LogP contribution in [0.2, 0.25) is 10.0 Å². The summed E-state index contributed by atoms with van der Waals surface area (Å²) < 4.78 is 12.5. The van der Waals surface area contributed by atoms with Gasteiger partial charge in [0.2, 0.25) is 0 Å². The van der Waals surface area contributed by atoms with Gasteiger partial charge in [-0.05, 0) is 94.5 Å². The van der Waals surface area contributed by atoms with Crippen molar-refractivity contribution in [1.29, 1.82) is 0 Å². The Labute approximate surface area is 285 Å². The van der Waals surface area contributed by atoms with E-state index in [4.69, 9.17) is 33.0 Å². The van der Waals surface area contributed by atoms with Crippen molar-refractivity contribution in [3.8, 4) is 16.9 Å². The topological polar surface area (TPSA) is 57.2 Å². The fourth-order valence-corrected chi connectivity index (χ4v) is 7.85. The maximum absolute atomic E-state index is 14.9. The van der Waals surface area contributed by atoms with Gasteiger partial charge in [0.25, 0.3) is 5.91 Å². The van der Waals surface area contributed by atoms with Crippen LogP contribution in [0.1, 0.15) is 58.0 Å². The molecule has 0 fully saturated rings. The Morgan fingerprint density at radius 1 is 0.957 bits per heavy atom. The monoisotopic (exact) mass is 667 g/mol. The van der Waals surface area contributed by atoms with Gasteiger partial charge in [-0.3, -0.25) is 9.48 Å². The highest BCUT2D eigenvalue weighted by Gasteiger charge is 2.37. The first kappa shape index (κ1) is 31.4. The number of carbonyl (C=O) groups excluding carboxylic acids is 1. The molecular weight excluding hydrogens is 629 g/mol. The van der Waals surface area contributed by atoms with Crippen molar-refractivity contribution < 1.29 is 9.53 Å². The summed E-state index contributed by atoms with van der Waals surface area (Å²) in [4.78, 5) is 16.8. The Morgan fingerprint density at radius 2 is 1.70 bits per heavy atom. The fraction of sp³-hybridized carbons (Fsp3) is 0.316. The first-order valence-electron chi connectivity index (χ1n) is 16.1. The molecule has 7 nitrogen and oxygen atoms in total. The van der Waals surface area contributed by atoms with E-state index in [1.807, 2.05) is 74.9 Å². The lowest BCUT2D eigenvalue weighted by atomic mass is 9.98. The molecule has 47 heavy (non-hydrogen) atoms. The van der Waals surface area contributed by atoms with Crippen molar-refractivity contribution in [1.82, 2.24) is 18.9 Å². The van der Waals surface area contributed by atoms with E-state index < -0.39 is 0 Å². The van der Waals surface area contributed by atoms with E-state index in [2.05, 4.69) is 47.2 Å². The summed E-state index contributed by atoms with van der Waals surface area (Å²) >= 11 is 13.5. The quantitative estimate of drug-likeness (QED) is 0.159. The van der Waals surface area contributed by atoms with Crippen molar-refractivity contribution >= 4 is 56.6 Å². The van der Waals surface area contributed by atoms with Gasteiger partial charge in [-0.25, -0.2) is 0 Å². The van der Waals surface area contributed by atoms with Crippen LogP contribution in [-0.2, 0) is 20.5 Å². The van der Waals surface area contributed by atoms with E-state index in [-0.39, 0.29) is 11.9 Å². The number of aromatic nitrogens is 4. The van der Waals surface area contributed by atoms with Crippen molar-refractivity contribution in [2.75, 3.05) is 18.1 Å². The zero-order chi connectivity index (χ0) is 33.3. The molecule has 0 saturated carbocycles. The number of nitrogens with zero attached hydrogens (tertiary/aromatic N) is 5. The molecule has 0 aliphatic carbocycles. The molecule has 7 rings (SSSR count). The third-order valence-electron chi connectivity index (χ3n) is 9.73. The predicted octanol–water partition coefficient (Wildman–Crippen LogP) is 9.31. The van der Waals surface area contributed by atoms with E-state index in [1.165, 1.54) is 0 Å². The fourth-order valence-electron chi connectivity index (χ4n) is 7.49. The highest BCUT2D eigenvalue weighted by molar-refractivity contribution is 6.35. The van der Waals surface area contributed by atoms with Crippen LogP contribution in [0, 0.1) is 27.7 Å². The number of amides is 1. The largest absolute Gasteiger partial charge is 0.494 e. The molecule has 6 aromatic rings. The van der Waals surface area contributed by atoms with Crippen molar-refractivity contribution in [3.63, 3.8) is 0 Å². The van der Waals surface area contributed by atoms with Gasteiger partial charge < -0.3 is 18.8 Å². The molecule has 4 heterocycles. The summed E-state index contributed by atoms with van der Waals surface area (Å²) in [5.74, 6) is 0.797.